The van der Waals surface area contributed by atoms with Crippen LogP contribution in [0.5, 0.6) is 17.2 Å². The molecule has 292 valence electrons. The molecule has 0 saturated carbocycles. The van der Waals surface area contributed by atoms with Crippen LogP contribution in [0.25, 0.3) is 0 Å². The summed E-state index contributed by atoms with van der Waals surface area (Å²) in [6.07, 6.45) is -0.179. The van der Waals surface area contributed by atoms with Gasteiger partial charge in [0.2, 0.25) is 5.91 Å². The molecule has 0 aliphatic rings. The van der Waals surface area contributed by atoms with E-state index >= 15 is 0 Å². The number of carboxylic acids is 5. The molecule has 0 heterocycles. The number of nitrogens with one attached hydrogen (secondary N) is 1. The summed E-state index contributed by atoms with van der Waals surface area (Å²) in [6, 6.07) is 5.97. The SMILES string of the molecule is O=C(O)CN(CCN(CC(=O)O)CC(=O)O)CCN(CC(=O)O)CC(=O)NC(Cc1cc(I)c(Oc2ccc(OS(=O)(=O)O)c(I)c2)c(I)c1)C(=O)O. The van der Waals surface area contributed by atoms with Gasteiger partial charge in [-0.2, -0.15) is 8.42 Å². The van der Waals surface area contributed by atoms with Gasteiger partial charge in [0.05, 0.1) is 43.4 Å². The maximum Gasteiger partial charge on any atom is 0.446 e. The summed E-state index contributed by atoms with van der Waals surface area (Å²) in [4.78, 5) is 73.9. The standard InChI is InChI=1S/C29H33I3N4O16S/c30-18-10-17(1-2-22(18)52-53(48,49)50)51-28-19(31)7-16(8-20(28)32)9-21(29(46)47)33-23(37)11-35(13-25(40)41)5-3-34(12-24(38)39)4-6-36(14-26(42)43)15-27(44)45/h1-2,7-8,10,21H,3-6,9,11-15H2,(H,33,37)(H,38,39)(H,40,41)(H,42,43)(H,44,45)(H,46,47)(H,48,49,50). The molecule has 0 aliphatic heterocycles. The number of amides is 1. The van der Waals surface area contributed by atoms with Crippen molar-refractivity contribution >= 4 is 114 Å². The minimum absolute atomic E-state index is 0.0971. The molecular formula is C29H33I3N4O16S. The first-order valence-corrected chi connectivity index (χ1v) is 19.4. The zero-order chi connectivity index (χ0) is 40.0. The predicted molar refractivity (Wildman–Crippen MR) is 206 cm³/mol. The van der Waals surface area contributed by atoms with Gasteiger partial charge in [-0.05, 0) is 104 Å². The molecule has 0 aromatic heterocycles. The van der Waals surface area contributed by atoms with Gasteiger partial charge in [0.1, 0.15) is 11.8 Å². The lowest BCUT2D eigenvalue weighted by molar-refractivity contribution is -0.143. The summed E-state index contributed by atoms with van der Waals surface area (Å²) >= 11 is 5.73. The molecule has 2 rings (SSSR count). The lowest BCUT2D eigenvalue weighted by atomic mass is 10.1. The number of halogens is 3. The Hall–Kier alpha value is -3.16. The van der Waals surface area contributed by atoms with E-state index in [9.17, 15) is 52.5 Å². The number of hydrogen-bond donors (Lipinski definition) is 7. The number of rotatable bonds is 24. The van der Waals surface area contributed by atoms with Crippen LogP contribution in [-0.4, -0.2) is 154 Å². The van der Waals surface area contributed by atoms with E-state index in [-0.39, 0.29) is 38.3 Å². The molecule has 1 atom stereocenters. The third-order valence-electron chi connectivity index (χ3n) is 6.72. The van der Waals surface area contributed by atoms with E-state index in [4.69, 9.17) is 19.5 Å². The molecule has 2 aromatic carbocycles. The Morgan fingerprint density at radius 1 is 0.679 bits per heavy atom. The topological polar surface area (TPSA) is 298 Å². The third kappa shape index (κ3) is 18.1. The molecule has 0 aliphatic carbocycles. The Kier molecular flexibility index (Phi) is 18.8. The molecule has 20 nitrogen and oxygen atoms in total. The van der Waals surface area contributed by atoms with Gasteiger partial charge in [0.15, 0.2) is 11.5 Å². The number of carbonyl (C=O) groups is 6. The van der Waals surface area contributed by atoms with Crippen LogP contribution in [0, 0.1) is 10.7 Å². The van der Waals surface area contributed by atoms with Crippen molar-refractivity contribution in [1.29, 1.82) is 0 Å². The second-order valence-electron chi connectivity index (χ2n) is 11.0. The second kappa shape index (κ2) is 21.7. The highest BCUT2D eigenvalue weighted by atomic mass is 127. The van der Waals surface area contributed by atoms with Crippen molar-refractivity contribution in [3.05, 3.63) is 46.6 Å². The molecule has 53 heavy (non-hydrogen) atoms. The first kappa shape index (κ1) is 46.0. The number of hydrogen-bond acceptors (Lipinski definition) is 13. The van der Waals surface area contributed by atoms with Crippen LogP contribution in [-0.2, 0) is 45.6 Å². The van der Waals surface area contributed by atoms with Gasteiger partial charge in [-0.3, -0.25) is 43.2 Å². The van der Waals surface area contributed by atoms with Gasteiger partial charge < -0.3 is 39.8 Å². The van der Waals surface area contributed by atoms with Crippen LogP contribution in [0.1, 0.15) is 5.56 Å². The van der Waals surface area contributed by atoms with E-state index in [0.29, 0.717) is 27.8 Å². The Morgan fingerprint density at radius 3 is 1.57 bits per heavy atom. The fourth-order valence-electron chi connectivity index (χ4n) is 4.58. The summed E-state index contributed by atoms with van der Waals surface area (Å²) in [6.45, 7) is -3.55. The number of benzene rings is 2. The van der Waals surface area contributed by atoms with Gasteiger partial charge in [0, 0.05) is 32.6 Å². The van der Waals surface area contributed by atoms with Crippen molar-refractivity contribution in [2.45, 2.75) is 12.5 Å². The lowest BCUT2D eigenvalue weighted by Gasteiger charge is -2.27. The van der Waals surface area contributed by atoms with Crippen LogP contribution in [0.2, 0.25) is 0 Å². The maximum atomic E-state index is 13.0. The van der Waals surface area contributed by atoms with Crippen LogP contribution >= 0.6 is 67.8 Å². The van der Waals surface area contributed by atoms with E-state index in [0.717, 1.165) is 9.80 Å². The van der Waals surface area contributed by atoms with Crippen molar-refractivity contribution in [2.75, 3.05) is 58.9 Å². The quantitative estimate of drug-likeness (QED) is 0.0566. The second-order valence-corrected chi connectivity index (χ2v) is 15.5. The average molecular weight is 1110 g/mol. The fraction of sp³-hybridized carbons (Fsp3) is 0.379. The molecular weight excluding hydrogens is 1070 g/mol. The molecule has 2 aromatic rings. The molecule has 0 spiro atoms. The van der Waals surface area contributed by atoms with Gasteiger partial charge in [-0.1, -0.05) is 0 Å². The monoisotopic (exact) mass is 1110 g/mol. The number of carboxylic acid groups (broad SMARTS) is 5. The highest BCUT2D eigenvalue weighted by molar-refractivity contribution is 14.1. The summed E-state index contributed by atoms with van der Waals surface area (Å²) in [7, 11) is -4.74. The van der Waals surface area contributed by atoms with Crippen LogP contribution in [0.15, 0.2) is 30.3 Å². The van der Waals surface area contributed by atoms with Gasteiger partial charge in [-0.15, -0.1) is 0 Å². The normalized spacial score (nSPS) is 12.1. The van der Waals surface area contributed by atoms with Crippen molar-refractivity contribution in [3.8, 4) is 17.2 Å². The lowest BCUT2D eigenvalue weighted by Crippen LogP contribution is -2.49. The largest absolute Gasteiger partial charge is 0.480 e. The molecule has 1 unspecified atom stereocenters. The summed E-state index contributed by atoms with van der Waals surface area (Å²) in [5, 5.41) is 49.1. The minimum atomic E-state index is -4.74. The number of aliphatic carboxylic acids is 5. The van der Waals surface area contributed by atoms with Crippen molar-refractivity contribution in [1.82, 2.24) is 20.0 Å². The minimum Gasteiger partial charge on any atom is -0.480 e. The molecule has 0 saturated heterocycles. The predicted octanol–water partition coefficient (Wildman–Crippen LogP) is 0.831. The Morgan fingerprint density at radius 2 is 1.13 bits per heavy atom. The molecule has 7 N–H and O–H groups in total. The van der Waals surface area contributed by atoms with Gasteiger partial charge in [0.25, 0.3) is 0 Å². The van der Waals surface area contributed by atoms with E-state index < -0.39 is 84.9 Å². The van der Waals surface area contributed by atoms with Crippen LogP contribution in [0.3, 0.4) is 0 Å². The third-order valence-corrected chi connectivity index (χ3v) is 9.55. The number of carbonyl (C=O) groups excluding carboxylic acids is 1. The smallest absolute Gasteiger partial charge is 0.446 e. The first-order valence-electron chi connectivity index (χ1n) is 14.8. The molecule has 0 fully saturated rings. The molecule has 1 amide bonds. The fourth-order valence-corrected chi connectivity index (χ4v) is 7.82. The highest BCUT2D eigenvalue weighted by Gasteiger charge is 2.25. The van der Waals surface area contributed by atoms with Crippen LogP contribution in [0.4, 0.5) is 0 Å². The number of ether oxygens (including phenoxy) is 1. The summed E-state index contributed by atoms with van der Waals surface area (Å²) in [5.74, 6) is -6.82. The summed E-state index contributed by atoms with van der Waals surface area (Å²) < 4.78 is 42.9. The Balaban J connectivity index is 2.12. The van der Waals surface area contributed by atoms with Crippen LogP contribution < -0.4 is 14.2 Å². The maximum absolute atomic E-state index is 13.0. The first-order chi connectivity index (χ1) is 24.6. The molecule has 0 bridgehead atoms. The zero-order valence-corrected chi connectivity index (χ0v) is 34.5. The zero-order valence-electron chi connectivity index (χ0n) is 27.2. The number of nitrogens with zero attached hydrogens (tertiary/aromatic N) is 3. The van der Waals surface area contributed by atoms with Gasteiger partial charge in [-0.25, -0.2) is 4.79 Å². The highest BCUT2D eigenvalue weighted by Crippen LogP contribution is 2.35. The summed E-state index contributed by atoms with van der Waals surface area (Å²) in [5.41, 5.74) is 0.497. The average Bonchev–Trinajstić information content (AvgIpc) is 2.99. The van der Waals surface area contributed by atoms with Crippen molar-refractivity contribution < 1.29 is 76.2 Å². The Bertz CT molecular complexity index is 1760. The Labute approximate surface area is 342 Å². The van der Waals surface area contributed by atoms with E-state index in [1.807, 2.05) is 45.2 Å². The molecule has 0 radical (unpaired) electrons. The van der Waals surface area contributed by atoms with E-state index in [2.05, 4.69) is 9.50 Å². The van der Waals surface area contributed by atoms with Crippen molar-refractivity contribution in [3.63, 3.8) is 0 Å². The van der Waals surface area contributed by atoms with E-state index in [1.54, 1.807) is 34.7 Å². The van der Waals surface area contributed by atoms with E-state index in [1.165, 1.54) is 23.1 Å². The van der Waals surface area contributed by atoms with Gasteiger partial charge >= 0.3 is 40.2 Å². The molecule has 24 heteroatoms. The van der Waals surface area contributed by atoms with Crippen molar-refractivity contribution in [2.24, 2.45) is 0 Å².